The number of hydrogen-bond donors (Lipinski definition) is 0. The standard InChI is InChI=1S/C29H27N5O5S2/c1-16-5-9-18(10-6-16)27(35)37-15-22-21(39-28(36)19-11-7-17(2)8-12-19)13-23(38-22)34-25-24(20(14-30)33-34)26(40-3)32-29(31-25)41-4/h5-12,21-23H,13,15H2,1-4H3/t21-,22+,23-/m1/s1. The van der Waals surface area contributed by atoms with Gasteiger partial charge in [-0.1, -0.05) is 47.2 Å². The number of benzene rings is 2. The van der Waals surface area contributed by atoms with Crippen LogP contribution in [-0.2, 0) is 14.2 Å². The van der Waals surface area contributed by atoms with Crippen LogP contribution in [0.3, 0.4) is 0 Å². The molecule has 1 saturated heterocycles. The average molecular weight is 590 g/mol. The van der Waals surface area contributed by atoms with E-state index in [0.29, 0.717) is 32.3 Å². The molecule has 0 saturated carbocycles. The van der Waals surface area contributed by atoms with Crippen LogP contribution in [0.2, 0.25) is 0 Å². The molecule has 0 spiro atoms. The Labute approximate surface area is 245 Å². The molecule has 0 N–H and O–H groups in total. The highest BCUT2D eigenvalue weighted by Crippen LogP contribution is 2.36. The van der Waals surface area contributed by atoms with Crippen molar-refractivity contribution in [1.82, 2.24) is 19.7 Å². The number of ether oxygens (including phenoxy) is 3. The summed E-state index contributed by atoms with van der Waals surface area (Å²) in [6, 6.07) is 16.2. The van der Waals surface area contributed by atoms with Gasteiger partial charge >= 0.3 is 11.9 Å². The van der Waals surface area contributed by atoms with E-state index in [4.69, 9.17) is 14.2 Å². The van der Waals surface area contributed by atoms with Crippen molar-refractivity contribution in [2.75, 3.05) is 19.1 Å². The number of carbonyl (C=O) groups is 2. The molecule has 0 aliphatic carbocycles. The molecule has 2 aromatic heterocycles. The average Bonchev–Trinajstić information content (AvgIpc) is 3.56. The van der Waals surface area contributed by atoms with Gasteiger partial charge in [-0.15, -0.1) is 11.8 Å². The van der Waals surface area contributed by atoms with Crippen molar-refractivity contribution in [3.8, 4) is 6.07 Å². The minimum Gasteiger partial charge on any atom is -0.459 e. The number of rotatable bonds is 8. The zero-order valence-electron chi connectivity index (χ0n) is 22.9. The van der Waals surface area contributed by atoms with E-state index < -0.39 is 30.4 Å². The van der Waals surface area contributed by atoms with Gasteiger partial charge in [0.2, 0.25) is 0 Å². The van der Waals surface area contributed by atoms with Gasteiger partial charge in [-0.2, -0.15) is 10.4 Å². The maximum absolute atomic E-state index is 13.0. The van der Waals surface area contributed by atoms with Gasteiger partial charge in [0.15, 0.2) is 22.7 Å². The summed E-state index contributed by atoms with van der Waals surface area (Å²) >= 11 is 2.77. The van der Waals surface area contributed by atoms with E-state index in [1.807, 2.05) is 50.6 Å². The highest BCUT2D eigenvalue weighted by molar-refractivity contribution is 7.99. The first kappa shape index (κ1) is 28.6. The van der Waals surface area contributed by atoms with Crippen molar-refractivity contribution in [2.24, 2.45) is 0 Å². The fourth-order valence-electron chi connectivity index (χ4n) is 4.46. The Morgan fingerprint density at radius 3 is 2.22 bits per heavy atom. The van der Waals surface area contributed by atoms with Crippen molar-refractivity contribution >= 4 is 46.5 Å². The largest absolute Gasteiger partial charge is 0.459 e. The SMILES string of the molecule is CSc1nc(SC)c2c(C#N)nn([C@H]3C[C@@H](OC(=O)c4ccc(C)cc4)[C@H](COC(=O)c4ccc(C)cc4)O3)c2n1. The van der Waals surface area contributed by atoms with Gasteiger partial charge < -0.3 is 14.2 Å². The summed E-state index contributed by atoms with van der Waals surface area (Å²) < 4.78 is 19.3. The van der Waals surface area contributed by atoms with Crippen LogP contribution in [0.15, 0.2) is 58.7 Å². The number of fused-ring (bicyclic) bond motifs is 1. The number of thioether (sulfide) groups is 2. The number of carbonyl (C=O) groups excluding carboxylic acids is 2. The summed E-state index contributed by atoms with van der Waals surface area (Å²) in [6.45, 7) is 3.71. The molecule has 12 heteroatoms. The van der Waals surface area contributed by atoms with Crippen LogP contribution in [0.25, 0.3) is 11.0 Å². The molecule has 10 nitrogen and oxygen atoms in total. The summed E-state index contributed by atoms with van der Waals surface area (Å²) in [5.41, 5.74) is 3.45. The third kappa shape index (κ3) is 6.07. The smallest absolute Gasteiger partial charge is 0.338 e. The van der Waals surface area contributed by atoms with Crippen LogP contribution < -0.4 is 0 Å². The van der Waals surface area contributed by atoms with Gasteiger partial charge in [-0.25, -0.2) is 24.2 Å². The topological polar surface area (TPSA) is 129 Å². The Kier molecular flexibility index (Phi) is 8.58. The highest BCUT2D eigenvalue weighted by Gasteiger charge is 2.41. The molecule has 5 rings (SSSR count). The molecule has 1 aliphatic rings. The third-order valence-corrected chi connectivity index (χ3v) is 7.87. The lowest BCUT2D eigenvalue weighted by Gasteiger charge is -2.19. The molecule has 0 amide bonds. The number of aryl methyl sites for hydroxylation is 2. The van der Waals surface area contributed by atoms with Crippen LogP contribution >= 0.6 is 23.5 Å². The molecule has 1 fully saturated rings. The second-order valence-corrected chi connectivity index (χ2v) is 11.0. The minimum atomic E-state index is -0.782. The van der Waals surface area contributed by atoms with Crippen molar-refractivity contribution in [1.29, 1.82) is 5.26 Å². The third-order valence-electron chi connectivity index (χ3n) is 6.64. The lowest BCUT2D eigenvalue weighted by molar-refractivity contribution is -0.0590. The van der Waals surface area contributed by atoms with E-state index in [1.54, 1.807) is 24.3 Å². The van der Waals surface area contributed by atoms with Gasteiger partial charge in [0.1, 0.15) is 29.9 Å². The minimum absolute atomic E-state index is 0.152. The van der Waals surface area contributed by atoms with Crippen molar-refractivity contribution in [2.45, 2.75) is 48.9 Å². The number of hydrogen-bond acceptors (Lipinski definition) is 11. The Balaban J connectivity index is 1.44. The second-order valence-electron chi connectivity index (χ2n) is 9.46. The van der Waals surface area contributed by atoms with E-state index in [9.17, 15) is 14.9 Å². The number of esters is 2. The van der Waals surface area contributed by atoms with E-state index in [0.717, 1.165) is 11.1 Å². The van der Waals surface area contributed by atoms with Gasteiger partial charge in [0.25, 0.3) is 0 Å². The van der Waals surface area contributed by atoms with Crippen molar-refractivity contribution < 1.29 is 23.8 Å². The molecule has 1 aliphatic heterocycles. The van der Waals surface area contributed by atoms with Crippen molar-refractivity contribution in [3.63, 3.8) is 0 Å². The fourth-order valence-corrected chi connectivity index (χ4v) is 5.44. The molecule has 0 bridgehead atoms. The fraction of sp³-hybridized carbons (Fsp3) is 0.310. The molecule has 0 unspecified atom stereocenters. The van der Waals surface area contributed by atoms with Crippen LogP contribution in [-0.4, -0.2) is 63.0 Å². The number of nitriles is 1. The second kappa shape index (κ2) is 12.3. The summed E-state index contributed by atoms with van der Waals surface area (Å²) in [4.78, 5) is 34.9. The summed E-state index contributed by atoms with van der Waals surface area (Å²) in [7, 11) is 0. The summed E-state index contributed by atoms with van der Waals surface area (Å²) in [6.07, 6.45) is 1.66. The molecule has 3 atom stereocenters. The van der Waals surface area contributed by atoms with Gasteiger partial charge in [0, 0.05) is 6.42 Å². The maximum Gasteiger partial charge on any atom is 0.338 e. The van der Waals surface area contributed by atoms with E-state index >= 15 is 0 Å². The quantitative estimate of drug-likeness (QED) is 0.117. The molecular formula is C29H27N5O5S2. The van der Waals surface area contributed by atoms with Crippen LogP contribution in [0.4, 0.5) is 0 Å². The Bertz CT molecular complexity index is 1630. The van der Waals surface area contributed by atoms with Crippen LogP contribution in [0.5, 0.6) is 0 Å². The molecule has 4 aromatic rings. The predicted molar refractivity (Wildman–Crippen MR) is 154 cm³/mol. The lowest BCUT2D eigenvalue weighted by Crippen LogP contribution is -2.32. The first-order valence-corrected chi connectivity index (χ1v) is 15.2. The summed E-state index contributed by atoms with van der Waals surface area (Å²) in [5, 5.41) is 16.0. The first-order chi connectivity index (χ1) is 19.8. The summed E-state index contributed by atoms with van der Waals surface area (Å²) in [5.74, 6) is -1.03. The van der Waals surface area contributed by atoms with Gasteiger partial charge in [-0.3, -0.25) is 0 Å². The normalized spacial score (nSPS) is 18.3. The molecule has 41 heavy (non-hydrogen) atoms. The molecular weight excluding hydrogens is 562 g/mol. The monoisotopic (exact) mass is 589 g/mol. The van der Waals surface area contributed by atoms with Crippen LogP contribution in [0.1, 0.15) is 50.2 Å². The van der Waals surface area contributed by atoms with Gasteiger partial charge in [0.05, 0.1) is 16.5 Å². The highest BCUT2D eigenvalue weighted by atomic mass is 32.2. The maximum atomic E-state index is 13.0. The number of aromatic nitrogens is 4. The van der Waals surface area contributed by atoms with Crippen molar-refractivity contribution in [3.05, 3.63) is 76.5 Å². The van der Waals surface area contributed by atoms with Crippen LogP contribution in [0, 0.1) is 25.2 Å². The zero-order valence-corrected chi connectivity index (χ0v) is 24.5. The Morgan fingerprint density at radius 1 is 1.00 bits per heavy atom. The molecule has 2 aromatic carbocycles. The molecule has 0 radical (unpaired) electrons. The van der Waals surface area contributed by atoms with Gasteiger partial charge in [-0.05, 0) is 50.6 Å². The van der Waals surface area contributed by atoms with E-state index in [1.165, 1.54) is 28.2 Å². The number of nitrogens with zero attached hydrogens (tertiary/aromatic N) is 5. The molecule has 210 valence electrons. The van der Waals surface area contributed by atoms with E-state index in [-0.39, 0.29) is 18.7 Å². The molecule has 3 heterocycles. The first-order valence-electron chi connectivity index (χ1n) is 12.8. The van der Waals surface area contributed by atoms with E-state index in [2.05, 4.69) is 21.1 Å². The Morgan fingerprint density at radius 2 is 1.63 bits per heavy atom. The predicted octanol–water partition coefficient (Wildman–Crippen LogP) is 5.13. The Hall–Kier alpha value is -3.92. The lowest BCUT2D eigenvalue weighted by atomic mass is 10.1. The zero-order chi connectivity index (χ0) is 29.1.